The van der Waals surface area contributed by atoms with E-state index in [9.17, 15) is 4.79 Å². The molecule has 0 aliphatic heterocycles. The van der Waals surface area contributed by atoms with Crippen molar-refractivity contribution < 1.29 is 4.79 Å². The van der Waals surface area contributed by atoms with Crippen LogP contribution in [-0.2, 0) is 0 Å². The van der Waals surface area contributed by atoms with Gasteiger partial charge in [-0.1, -0.05) is 42.5 Å². The first-order valence-corrected chi connectivity index (χ1v) is 8.99. The summed E-state index contributed by atoms with van der Waals surface area (Å²) in [7, 11) is 0. The highest BCUT2D eigenvalue weighted by molar-refractivity contribution is 6.07. The lowest BCUT2D eigenvalue weighted by atomic mass is 10.0. The number of nitrogens with one attached hydrogen (secondary N) is 1. The minimum atomic E-state index is -0.317. The Balaban J connectivity index is 1.89. The van der Waals surface area contributed by atoms with Crippen molar-refractivity contribution in [3.63, 3.8) is 0 Å². The van der Waals surface area contributed by atoms with Crippen LogP contribution in [0.3, 0.4) is 0 Å². The quantitative estimate of drug-likeness (QED) is 0.552. The second kappa shape index (κ2) is 6.47. The van der Waals surface area contributed by atoms with Gasteiger partial charge in [0.05, 0.1) is 28.0 Å². The summed E-state index contributed by atoms with van der Waals surface area (Å²) in [6, 6.07) is 21.5. The van der Waals surface area contributed by atoms with Gasteiger partial charge in [0.2, 0.25) is 0 Å². The van der Waals surface area contributed by atoms with E-state index in [2.05, 4.69) is 5.32 Å². The first-order chi connectivity index (χ1) is 12.9. The zero-order valence-electron chi connectivity index (χ0n) is 15.7. The van der Waals surface area contributed by atoms with Gasteiger partial charge in [0.15, 0.2) is 0 Å². The fourth-order valence-electron chi connectivity index (χ4n) is 3.11. The molecule has 0 bridgehead atoms. The standard InChI is InChI=1S/C23H21N3O/c1-23(2,3)26-22(27)17-14-21(25-19-11-7-5-9-16(17)19)20-13-12-15-8-4-6-10-18(15)24-20/h4-14H,1-3H3,(H,26,27). The number of aromatic nitrogens is 2. The average molecular weight is 355 g/mol. The summed E-state index contributed by atoms with van der Waals surface area (Å²) in [5.41, 5.74) is 3.43. The van der Waals surface area contributed by atoms with E-state index in [0.29, 0.717) is 11.3 Å². The van der Waals surface area contributed by atoms with Crippen molar-refractivity contribution >= 4 is 27.7 Å². The molecule has 2 aromatic heterocycles. The molecule has 0 unspecified atom stereocenters. The molecule has 0 aliphatic carbocycles. The molecule has 4 rings (SSSR count). The summed E-state index contributed by atoms with van der Waals surface area (Å²) in [6.07, 6.45) is 0. The summed E-state index contributed by atoms with van der Waals surface area (Å²) in [6.45, 7) is 5.92. The van der Waals surface area contributed by atoms with Crippen LogP contribution >= 0.6 is 0 Å². The highest BCUT2D eigenvalue weighted by Crippen LogP contribution is 2.25. The average Bonchev–Trinajstić information content (AvgIpc) is 2.65. The molecule has 27 heavy (non-hydrogen) atoms. The zero-order chi connectivity index (χ0) is 19.0. The highest BCUT2D eigenvalue weighted by atomic mass is 16.1. The summed E-state index contributed by atoms with van der Waals surface area (Å²) in [5.74, 6) is -0.108. The van der Waals surface area contributed by atoms with Crippen LogP contribution < -0.4 is 5.32 Å². The SMILES string of the molecule is CC(C)(C)NC(=O)c1cc(-c2ccc3ccccc3n2)nc2ccccc12. The Morgan fingerprint density at radius 1 is 0.815 bits per heavy atom. The predicted molar refractivity (Wildman–Crippen MR) is 110 cm³/mol. The largest absolute Gasteiger partial charge is 0.347 e. The summed E-state index contributed by atoms with van der Waals surface area (Å²) in [4.78, 5) is 22.4. The number of rotatable bonds is 2. The minimum absolute atomic E-state index is 0.108. The smallest absolute Gasteiger partial charge is 0.252 e. The van der Waals surface area contributed by atoms with E-state index in [1.54, 1.807) is 0 Å². The van der Waals surface area contributed by atoms with Crippen LogP contribution in [0.4, 0.5) is 0 Å². The summed E-state index contributed by atoms with van der Waals surface area (Å²) < 4.78 is 0. The molecule has 0 spiro atoms. The molecule has 1 amide bonds. The van der Waals surface area contributed by atoms with Crippen molar-refractivity contribution in [2.75, 3.05) is 0 Å². The van der Waals surface area contributed by atoms with Crippen molar-refractivity contribution in [3.05, 3.63) is 72.3 Å². The summed E-state index contributed by atoms with van der Waals surface area (Å²) >= 11 is 0. The molecule has 0 atom stereocenters. The van der Waals surface area contributed by atoms with E-state index in [0.717, 1.165) is 27.5 Å². The number of hydrogen-bond acceptors (Lipinski definition) is 3. The fraction of sp³-hybridized carbons (Fsp3) is 0.174. The normalized spacial score (nSPS) is 11.7. The minimum Gasteiger partial charge on any atom is -0.347 e. The number of para-hydroxylation sites is 2. The molecule has 2 aromatic carbocycles. The molecule has 0 saturated heterocycles. The molecule has 4 nitrogen and oxygen atoms in total. The maximum absolute atomic E-state index is 12.9. The number of carbonyl (C=O) groups is 1. The van der Waals surface area contributed by atoms with Gasteiger partial charge in [-0.05, 0) is 45.0 Å². The van der Waals surface area contributed by atoms with Crippen LogP contribution in [0, 0.1) is 0 Å². The number of carbonyl (C=O) groups excluding carboxylic acids is 1. The number of benzene rings is 2. The molecular weight excluding hydrogens is 334 g/mol. The van der Waals surface area contributed by atoms with Crippen LogP contribution in [0.15, 0.2) is 66.7 Å². The van der Waals surface area contributed by atoms with Crippen molar-refractivity contribution in [3.8, 4) is 11.4 Å². The van der Waals surface area contributed by atoms with Gasteiger partial charge >= 0.3 is 0 Å². The Hall–Kier alpha value is -3.27. The van der Waals surface area contributed by atoms with Gasteiger partial charge in [-0.2, -0.15) is 0 Å². The van der Waals surface area contributed by atoms with Gasteiger partial charge in [0.1, 0.15) is 0 Å². The molecule has 134 valence electrons. The number of fused-ring (bicyclic) bond motifs is 2. The Morgan fingerprint density at radius 2 is 1.48 bits per heavy atom. The molecule has 0 aliphatic rings. The van der Waals surface area contributed by atoms with E-state index in [1.165, 1.54) is 0 Å². The van der Waals surface area contributed by atoms with E-state index in [1.807, 2.05) is 87.5 Å². The van der Waals surface area contributed by atoms with Gasteiger partial charge in [-0.15, -0.1) is 0 Å². The van der Waals surface area contributed by atoms with Crippen LogP contribution in [-0.4, -0.2) is 21.4 Å². The van der Waals surface area contributed by atoms with Gasteiger partial charge in [-0.25, -0.2) is 9.97 Å². The molecule has 1 N–H and O–H groups in total. The first kappa shape index (κ1) is 17.2. The maximum Gasteiger partial charge on any atom is 0.252 e. The molecule has 0 saturated carbocycles. The fourth-order valence-corrected chi connectivity index (χ4v) is 3.11. The Kier molecular flexibility index (Phi) is 4.11. The molecule has 4 heteroatoms. The number of nitrogens with zero attached hydrogens (tertiary/aromatic N) is 2. The van der Waals surface area contributed by atoms with E-state index in [4.69, 9.17) is 9.97 Å². The molecular formula is C23H21N3O. The third-order valence-corrected chi connectivity index (χ3v) is 4.31. The van der Waals surface area contributed by atoms with Gasteiger partial charge in [-0.3, -0.25) is 4.79 Å². The van der Waals surface area contributed by atoms with E-state index < -0.39 is 0 Å². The Bertz CT molecular complexity index is 1160. The van der Waals surface area contributed by atoms with Crippen molar-refractivity contribution in [1.29, 1.82) is 0 Å². The van der Waals surface area contributed by atoms with Crippen molar-refractivity contribution in [2.45, 2.75) is 26.3 Å². The number of hydrogen-bond donors (Lipinski definition) is 1. The van der Waals surface area contributed by atoms with Crippen LogP contribution in [0.5, 0.6) is 0 Å². The van der Waals surface area contributed by atoms with Gasteiger partial charge in [0.25, 0.3) is 5.91 Å². The molecule has 2 heterocycles. The first-order valence-electron chi connectivity index (χ1n) is 8.99. The van der Waals surface area contributed by atoms with Gasteiger partial charge < -0.3 is 5.32 Å². The number of pyridine rings is 2. The lowest BCUT2D eigenvalue weighted by Gasteiger charge is -2.21. The zero-order valence-corrected chi connectivity index (χ0v) is 15.7. The third-order valence-electron chi connectivity index (χ3n) is 4.31. The van der Waals surface area contributed by atoms with E-state index in [-0.39, 0.29) is 11.4 Å². The monoisotopic (exact) mass is 355 g/mol. The summed E-state index contributed by atoms with van der Waals surface area (Å²) in [5, 5.41) is 4.96. The lowest BCUT2D eigenvalue weighted by molar-refractivity contribution is 0.0921. The highest BCUT2D eigenvalue weighted by Gasteiger charge is 2.19. The maximum atomic E-state index is 12.9. The van der Waals surface area contributed by atoms with Crippen molar-refractivity contribution in [2.24, 2.45) is 0 Å². The van der Waals surface area contributed by atoms with Crippen LogP contribution in [0.1, 0.15) is 31.1 Å². The Labute approximate surface area is 158 Å². The van der Waals surface area contributed by atoms with Crippen LogP contribution in [0.2, 0.25) is 0 Å². The lowest BCUT2D eigenvalue weighted by Crippen LogP contribution is -2.40. The van der Waals surface area contributed by atoms with Crippen LogP contribution in [0.25, 0.3) is 33.2 Å². The van der Waals surface area contributed by atoms with Crippen molar-refractivity contribution in [1.82, 2.24) is 15.3 Å². The topological polar surface area (TPSA) is 54.9 Å². The molecule has 4 aromatic rings. The second-order valence-electron chi connectivity index (χ2n) is 7.67. The van der Waals surface area contributed by atoms with E-state index >= 15 is 0 Å². The van der Waals surface area contributed by atoms with Gasteiger partial charge in [0, 0.05) is 16.3 Å². The predicted octanol–water partition coefficient (Wildman–Crippen LogP) is 4.98. The third kappa shape index (κ3) is 3.51. The number of amides is 1. The second-order valence-corrected chi connectivity index (χ2v) is 7.67. The molecule has 0 radical (unpaired) electrons. The molecule has 0 fully saturated rings. The Morgan fingerprint density at radius 3 is 2.26 bits per heavy atom.